The molecule has 0 amide bonds. The van der Waals surface area contributed by atoms with Gasteiger partial charge in [-0.25, -0.2) is 0 Å². The lowest BCUT2D eigenvalue weighted by atomic mass is 9.64. The van der Waals surface area contributed by atoms with Crippen LogP contribution in [0.4, 0.5) is 13.2 Å². The minimum atomic E-state index is -4.11. The molecular formula is C16H29F3N2. The third kappa shape index (κ3) is 2.83. The summed E-state index contributed by atoms with van der Waals surface area (Å²) in [6.45, 7) is 10.7. The molecule has 0 aliphatic carbocycles. The van der Waals surface area contributed by atoms with Gasteiger partial charge in [0.2, 0.25) is 0 Å². The maximum atomic E-state index is 13.6. The number of hydrogen-bond donors (Lipinski definition) is 2. The lowest BCUT2D eigenvalue weighted by Gasteiger charge is -2.41. The van der Waals surface area contributed by atoms with Crippen molar-refractivity contribution in [3.05, 3.63) is 0 Å². The van der Waals surface area contributed by atoms with E-state index < -0.39 is 11.6 Å². The van der Waals surface area contributed by atoms with Crippen LogP contribution >= 0.6 is 0 Å². The highest BCUT2D eigenvalue weighted by Crippen LogP contribution is 2.52. The molecule has 0 bridgehead atoms. The first-order valence-electron chi connectivity index (χ1n) is 8.11. The van der Waals surface area contributed by atoms with Crippen LogP contribution in [-0.4, -0.2) is 32.4 Å². The van der Waals surface area contributed by atoms with Crippen molar-refractivity contribution < 1.29 is 13.2 Å². The molecule has 4 unspecified atom stereocenters. The zero-order valence-electron chi connectivity index (χ0n) is 13.6. The van der Waals surface area contributed by atoms with Crippen molar-refractivity contribution in [1.82, 2.24) is 10.6 Å². The smallest absolute Gasteiger partial charge is 0.316 e. The van der Waals surface area contributed by atoms with E-state index in [1.165, 1.54) is 0 Å². The normalized spacial score (nSPS) is 39.1. The SMILES string of the molecule is CC(C)C1(C)CNCC1CC(C)C1(C(F)(F)F)CCNC1. The molecule has 0 aromatic heterocycles. The van der Waals surface area contributed by atoms with Crippen LogP contribution in [0.15, 0.2) is 0 Å². The van der Waals surface area contributed by atoms with Gasteiger partial charge in [0, 0.05) is 13.1 Å². The summed E-state index contributed by atoms with van der Waals surface area (Å²) in [6, 6.07) is 0. The molecule has 2 N–H and O–H groups in total. The van der Waals surface area contributed by atoms with Crippen LogP contribution in [-0.2, 0) is 0 Å². The van der Waals surface area contributed by atoms with Crippen LogP contribution in [0.3, 0.4) is 0 Å². The Kier molecular flexibility index (Phi) is 4.66. The highest BCUT2D eigenvalue weighted by Gasteiger charge is 2.59. The third-order valence-electron chi connectivity index (χ3n) is 6.48. The first-order chi connectivity index (χ1) is 9.63. The van der Waals surface area contributed by atoms with E-state index in [0.717, 1.165) is 13.1 Å². The standard InChI is InChI=1S/C16H29F3N2/c1-11(2)14(4)9-21-8-13(14)7-12(3)15(16(17,18)19)5-6-20-10-15/h11-13,20-21H,5-10H2,1-4H3. The minimum Gasteiger partial charge on any atom is -0.316 e. The van der Waals surface area contributed by atoms with Crippen molar-refractivity contribution in [1.29, 1.82) is 0 Å². The lowest BCUT2D eigenvalue weighted by molar-refractivity contribution is -0.236. The predicted octanol–water partition coefficient (Wildman–Crippen LogP) is 3.44. The second-order valence-electron chi connectivity index (χ2n) is 7.71. The Morgan fingerprint density at radius 2 is 1.81 bits per heavy atom. The van der Waals surface area contributed by atoms with Crippen molar-refractivity contribution in [2.45, 2.75) is 46.7 Å². The van der Waals surface area contributed by atoms with Crippen molar-refractivity contribution in [2.75, 3.05) is 26.2 Å². The Labute approximate surface area is 126 Å². The van der Waals surface area contributed by atoms with E-state index in [4.69, 9.17) is 0 Å². The van der Waals surface area contributed by atoms with Crippen molar-refractivity contribution in [3.63, 3.8) is 0 Å². The van der Waals surface area contributed by atoms with E-state index in [0.29, 0.717) is 24.8 Å². The topological polar surface area (TPSA) is 24.1 Å². The number of nitrogens with one attached hydrogen (secondary N) is 2. The molecular weight excluding hydrogens is 277 g/mol. The molecule has 2 heterocycles. The summed E-state index contributed by atoms with van der Waals surface area (Å²) in [6.07, 6.45) is -3.24. The maximum Gasteiger partial charge on any atom is 0.396 e. The van der Waals surface area contributed by atoms with Gasteiger partial charge in [0.15, 0.2) is 0 Å². The summed E-state index contributed by atoms with van der Waals surface area (Å²) in [5.74, 6) is 0.469. The quantitative estimate of drug-likeness (QED) is 0.831. The Hall–Kier alpha value is -0.290. The number of rotatable bonds is 4. The first kappa shape index (κ1) is 17.1. The summed E-state index contributed by atoms with van der Waals surface area (Å²) >= 11 is 0. The monoisotopic (exact) mass is 306 g/mol. The van der Waals surface area contributed by atoms with E-state index in [-0.39, 0.29) is 24.3 Å². The second kappa shape index (κ2) is 5.73. The summed E-state index contributed by atoms with van der Waals surface area (Å²) < 4.78 is 40.9. The van der Waals surface area contributed by atoms with Gasteiger partial charge in [0.05, 0.1) is 5.41 Å². The molecule has 2 nitrogen and oxygen atoms in total. The van der Waals surface area contributed by atoms with Crippen LogP contribution in [0.1, 0.15) is 40.5 Å². The van der Waals surface area contributed by atoms with Crippen molar-refractivity contribution >= 4 is 0 Å². The van der Waals surface area contributed by atoms with E-state index >= 15 is 0 Å². The molecule has 2 saturated heterocycles. The molecule has 124 valence electrons. The molecule has 0 aromatic rings. The summed E-state index contributed by atoms with van der Waals surface area (Å²) in [5, 5.41) is 6.33. The predicted molar refractivity (Wildman–Crippen MR) is 79.1 cm³/mol. The van der Waals surface area contributed by atoms with E-state index in [2.05, 4.69) is 31.4 Å². The van der Waals surface area contributed by atoms with Gasteiger partial charge in [-0.1, -0.05) is 27.7 Å². The highest BCUT2D eigenvalue weighted by atomic mass is 19.4. The average molecular weight is 306 g/mol. The maximum absolute atomic E-state index is 13.6. The Balaban J connectivity index is 2.15. The highest BCUT2D eigenvalue weighted by molar-refractivity contribution is 5.01. The molecule has 2 aliphatic rings. The van der Waals surface area contributed by atoms with Crippen molar-refractivity contribution in [3.8, 4) is 0 Å². The zero-order valence-corrected chi connectivity index (χ0v) is 13.6. The molecule has 0 spiro atoms. The fourth-order valence-corrected chi connectivity index (χ4v) is 4.23. The fourth-order valence-electron chi connectivity index (χ4n) is 4.23. The van der Waals surface area contributed by atoms with Gasteiger partial charge in [-0.2, -0.15) is 13.2 Å². The van der Waals surface area contributed by atoms with Crippen LogP contribution in [0.25, 0.3) is 0 Å². The van der Waals surface area contributed by atoms with E-state index in [1.54, 1.807) is 6.92 Å². The Morgan fingerprint density at radius 3 is 2.29 bits per heavy atom. The third-order valence-corrected chi connectivity index (χ3v) is 6.48. The molecule has 0 aromatic carbocycles. The van der Waals surface area contributed by atoms with Gasteiger partial charge in [-0.05, 0) is 49.1 Å². The first-order valence-corrected chi connectivity index (χ1v) is 8.11. The van der Waals surface area contributed by atoms with Crippen LogP contribution < -0.4 is 10.6 Å². The fraction of sp³-hybridized carbons (Fsp3) is 1.00. The Morgan fingerprint density at radius 1 is 1.14 bits per heavy atom. The summed E-state index contributed by atoms with van der Waals surface area (Å²) in [4.78, 5) is 0. The molecule has 4 atom stereocenters. The van der Waals surface area contributed by atoms with Gasteiger partial charge < -0.3 is 10.6 Å². The van der Waals surface area contributed by atoms with Crippen LogP contribution in [0, 0.1) is 28.6 Å². The lowest BCUT2D eigenvalue weighted by Crippen LogP contribution is -2.46. The molecule has 0 saturated carbocycles. The van der Waals surface area contributed by atoms with Crippen molar-refractivity contribution in [2.24, 2.45) is 28.6 Å². The molecule has 5 heteroatoms. The number of alkyl halides is 3. The van der Waals surface area contributed by atoms with Gasteiger partial charge in [-0.15, -0.1) is 0 Å². The van der Waals surface area contributed by atoms with Gasteiger partial charge in [-0.3, -0.25) is 0 Å². The molecule has 21 heavy (non-hydrogen) atoms. The largest absolute Gasteiger partial charge is 0.396 e. The summed E-state index contributed by atoms with van der Waals surface area (Å²) in [7, 11) is 0. The Bertz CT molecular complexity index is 361. The average Bonchev–Trinajstić information content (AvgIpc) is 2.97. The van der Waals surface area contributed by atoms with Gasteiger partial charge in [0.25, 0.3) is 0 Å². The molecule has 2 fully saturated rings. The zero-order chi connectivity index (χ0) is 15.9. The summed E-state index contributed by atoms with van der Waals surface area (Å²) in [5.41, 5.74) is -1.43. The van der Waals surface area contributed by atoms with Gasteiger partial charge in [0.1, 0.15) is 0 Å². The minimum absolute atomic E-state index is 0.0796. The number of halogens is 3. The van der Waals surface area contributed by atoms with Gasteiger partial charge >= 0.3 is 6.18 Å². The molecule has 2 rings (SSSR count). The van der Waals surface area contributed by atoms with Crippen LogP contribution in [0.5, 0.6) is 0 Å². The van der Waals surface area contributed by atoms with Crippen LogP contribution in [0.2, 0.25) is 0 Å². The second-order valence-corrected chi connectivity index (χ2v) is 7.71. The molecule has 0 radical (unpaired) electrons. The number of hydrogen-bond acceptors (Lipinski definition) is 2. The van der Waals surface area contributed by atoms with E-state index in [9.17, 15) is 13.2 Å². The van der Waals surface area contributed by atoms with E-state index in [1.807, 2.05) is 0 Å². The molecule has 2 aliphatic heterocycles.